The number of nitrogens with one attached hydrogen (secondary N) is 1. The van der Waals surface area contributed by atoms with Crippen molar-refractivity contribution in [3.05, 3.63) is 28.8 Å². The summed E-state index contributed by atoms with van der Waals surface area (Å²) in [4.78, 5) is 0. The number of benzene rings is 1. The first kappa shape index (κ1) is 16.1. The van der Waals surface area contributed by atoms with Crippen molar-refractivity contribution in [2.45, 2.75) is 72.1 Å². The number of anilines is 1. The zero-order chi connectivity index (χ0) is 14.8. The summed E-state index contributed by atoms with van der Waals surface area (Å²) in [6, 6.07) is 4.77. The van der Waals surface area contributed by atoms with Gasteiger partial charge in [0.25, 0.3) is 0 Å². The summed E-state index contributed by atoms with van der Waals surface area (Å²) in [5, 5.41) is 3.40. The van der Waals surface area contributed by atoms with E-state index in [0.29, 0.717) is 0 Å². The largest absolute Gasteiger partial charge is 0.388 e. The van der Waals surface area contributed by atoms with Gasteiger partial charge in [-0.1, -0.05) is 53.7 Å². The lowest BCUT2D eigenvalue weighted by Gasteiger charge is -2.32. The average Bonchev–Trinajstić information content (AvgIpc) is 2.37. The van der Waals surface area contributed by atoms with E-state index in [1.54, 1.807) is 0 Å². The van der Waals surface area contributed by atoms with Crippen LogP contribution in [0.2, 0.25) is 0 Å². The topological polar surface area (TPSA) is 12.0 Å². The molecule has 0 saturated heterocycles. The van der Waals surface area contributed by atoms with Crippen LogP contribution in [0.3, 0.4) is 0 Å². The van der Waals surface area contributed by atoms with E-state index >= 15 is 0 Å². The van der Waals surface area contributed by atoms with E-state index in [1.165, 1.54) is 22.4 Å². The number of hydrogen-bond donors (Lipinski definition) is 1. The van der Waals surface area contributed by atoms with Gasteiger partial charge >= 0.3 is 0 Å². The normalized spacial score (nSPS) is 12.6. The van der Waals surface area contributed by atoms with Crippen LogP contribution in [0.1, 0.15) is 71.1 Å². The minimum Gasteiger partial charge on any atom is -0.388 e. The van der Waals surface area contributed by atoms with Gasteiger partial charge in [0.15, 0.2) is 0 Å². The van der Waals surface area contributed by atoms with Gasteiger partial charge in [0.1, 0.15) is 0 Å². The van der Waals surface area contributed by atoms with Crippen LogP contribution in [0.15, 0.2) is 12.1 Å². The van der Waals surface area contributed by atoms with E-state index in [0.717, 1.165) is 12.8 Å². The zero-order valence-electron chi connectivity index (χ0n) is 14.1. The molecule has 0 spiro atoms. The van der Waals surface area contributed by atoms with Crippen LogP contribution >= 0.6 is 0 Å². The molecule has 0 aromatic heterocycles. The van der Waals surface area contributed by atoms with Crippen molar-refractivity contribution in [3.63, 3.8) is 0 Å². The van der Waals surface area contributed by atoms with E-state index in [9.17, 15) is 0 Å². The summed E-state index contributed by atoms with van der Waals surface area (Å²) in [7, 11) is 2.03. The summed E-state index contributed by atoms with van der Waals surface area (Å²) in [5.41, 5.74) is 6.04. The minimum absolute atomic E-state index is 0.211. The van der Waals surface area contributed by atoms with E-state index in [4.69, 9.17) is 0 Å². The molecule has 1 aromatic rings. The Bertz CT molecular complexity index is 441. The van der Waals surface area contributed by atoms with E-state index in [-0.39, 0.29) is 10.8 Å². The third kappa shape index (κ3) is 3.13. The summed E-state index contributed by atoms with van der Waals surface area (Å²) >= 11 is 0. The Morgan fingerprint density at radius 2 is 1.47 bits per heavy atom. The highest BCUT2D eigenvalue weighted by Crippen LogP contribution is 2.39. The first-order chi connectivity index (χ1) is 8.69. The van der Waals surface area contributed by atoms with Gasteiger partial charge < -0.3 is 5.32 Å². The third-order valence-corrected chi connectivity index (χ3v) is 4.86. The molecule has 0 saturated carbocycles. The molecule has 0 fully saturated rings. The van der Waals surface area contributed by atoms with Gasteiger partial charge in [-0.3, -0.25) is 0 Å². The molecule has 0 unspecified atom stereocenters. The second-order valence-corrected chi connectivity index (χ2v) is 6.94. The highest BCUT2D eigenvalue weighted by molar-refractivity contribution is 5.61. The predicted octanol–water partition coefficient (Wildman–Crippen LogP) is 5.41. The Morgan fingerprint density at radius 1 is 0.947 bits per heavy atom. The molecule has 1 aromatic carbocycles. The highest BCUT2D eigenvalue weighted by atomic mass is 14.8. The number of hydrogen-bond acceptors (Lipinski definition) is 1. The average molecular weight is 261 g/mol. The van der Waals surface area contributed by atoms with Gasteiger partial charge in [0, 0.05) is 12.7 Å². The van der Waals surface area contributed by atoms with E-state index < -0.39 is 0 Å². The summed E-state index contributed by atoms with van der Waals surface area (Å²) < 4.78 is 0. The third-order valence-electron chi connectivity index (χ3n) is 4.86. The van der Waals surface area contributed by atoms with Gasteiger partial charge in [-0.2, -0.15) is 0 Å². The summed E-state index contributed by atoms with van der Waals surface area (Å²) in [6.07, 6.45) is 2.31. The maximum atomic E-state index is 3.40. The van der Waals surface area contributed by atoms with Crippen molar-refractivity contribution in [1.29, 1.82) is 0 Å². The molecule has 108 valence electrons. The molecule has 1 heteroatoms. The lowest BCUT2D eigenvalue weighted by molar-refractivity contribution is 0.489. The van der Waals surface area contributed by atoms with Crippen molar-refractivity contribution in [2.75, 3.05) is 12.4 Å². The second kappa shape index (κ2) is 5.56. The molecule has 0 aliphatic rings. The maximum absolute atomic E-state index is 3.40. The molecule has 19 heavy (non-hydrogen) atoms. The second-order valence-electron chi connectivity index (χ2n) is 6.94. The number of rotatable bonds is 5. The lowest BCUT2D eigenvalue weighted by atomic mass is 9.75. The first-order valence-electron chi connectivity index (χ1n) is 7.53. The Balaban J connectivity index is 3.52. The Hall–Kier alpha value is -0.980. The summed E-state index contributed by atoms with van der Waals surface area (Å²) in [6.45, 7) is 16.1. The van der Waals surface area contributed by atoms with Crippen LogP contribution in [0, 0.1) is 6.92 Å². The van der Waals surface area contributed by atoms with Gasteiger partial charge in [-0.15, -0.1) is 0 Å². The fourth-order valence-corrected chi connectivity index (χ4v) is 2.44. The maximum Gasteiger partial charge on any atom is 0.0405 e. The van der Waals surface area contributed by atoms with Crippen LogP contribution in [-0.4, -0.2) is 7.05 Å². The zero-order valence-corrected chi connectivity index (χ0v) is 14.1. The molecule has 1 rings (SSSR count). The quantitative estimate of drug-likeness (QED) is 0.747. The Morgan fingerprint density at radius 3 is 1.89 bits per heavy atom. The van der Waals surface area contributed by atoms with Crippen molar-refractivity contribution < 1.29 is 0 Å². The molecule has 0 amide bonds. The fourth-order valence-electron chi connectivity index (χ4n) is 2.44. The molecular weight excluding hydrogens is 230 g/mol. The first-order valence-corrected chi connectivity index (χ1v) is 7.53. The van der Waals surface area contributed by atoms with Crippen molar-refractivity contribution >= 4 is 5.69 Å². The smallest absolute Gasteiger partial charge is 0.0405 e. The Labute approximate surface area is 119 Å². The molecule has 0 atom stereocenters. The number of aryl methyl sites for hydroxylation is 1. The van der Waals surface area contributed by atoms with Crippen molar-refractivity contribution in [2.24, 2.45) is 0 Å². The summed E-state index contributed by atoms with van der Waals surface area (Å²) in [5.74, 6) is 0. The van der Waals surface area contributed by atoms with Crippen molar-refractivity contribution in [1.82, 2.24) is 0 Å². The van der Waals surface area contributed by atoms with Crippen LogP contribution in [0.4, 0.5) is 5.69 Å². The highest BCUT2D eigenvalue weighted by Gasteiger charge is 2.26. The van der Waals surface area contributed by atoms with Gasteiger partial charge in [0.2, 0.25) is 0 Å². The van der Waals surface area contributed by atoms with Crippen LogP contribution in [0.5, 0.6) is 0 Å². The van der Waals surface area contributed by atoms with Crippen LogP contribution in [-0.2, 0) is 10.8 Å². The molecule has 1 N–H and O–H groups in total. The van der Waals surface area contributed by atoms with Crippen molar-refractivity contribution in [3.8, 4) is 0 Å². The molecule has 0 radical (unpaired) electrons. The molecule has 0 heterocycles. The molecule has 1 nitrogen and oxygen atoms in total. The van der Waals surface area contributed by atoms with Crippen LogP contribution < -0.4 is 5.32 Å². The Kier molecular flexibility index (Phi) is 4.71. The van der Waals surface area contributed by atoms with E-state index in [2.05, 4.69) is 65.9 Å². The fraction of sp³-hybridized carbons (Fsp3) is 0.667. The molecule has 0 aliphatic heterocycles. The molecular formula is C18H31N. The minimum atomic E-state index is 0.211. The van der Waals surface area contributed by atoms with Gasteiger partial charge in [-0.05, 0) is 47.3 Å². The van der Waals surface area contributed by atoms with Gasteiger partial charge in [-0.25, -0.2) is 0 Å². The van der Waals surface area contributed by atoms with Gasteiger partial charge in [0.05, 0.1) is 0 Å². The SMILES string of the molecule is CCC(C)(C)c1cc(C)c(NC)c(C(C)(C)CC)c1. The molecule has 0 aliphatic carbocycles. The standard InChI is InChI=1S/C18H31N/c1-9-17(4,5)14-11-13(3)16(19-8)15(12-14)18(6,7)10-2/h11-12,19H,9-10H2,1-8H3. The molecule has 0 bridgehead atoms. The lowest BCUT2D eigenvalue weighted by Crippen LogP contribution is -2.22. The van der Waals surface area contributed by atoms with Crippen LogP contribution in [0.25, 0.3) is 0 Å². The van der Waals surface area contributed by atoms with E-state index in [1.807, 2.05) is 7.05 Å². The monoisotopic (exact) mass is 261 g/mol. The predicted molar refractivity (Wildman–Crippen MR) is 87.4 cm³/mol.